The highest BCUT2D eigenvalue weighted by molar-refractivity contribution is 6.00. The number of carboxylic acid groups (broad SMARTS) is 1. The molecule has 1 fully saturated rings. The van der Waals surface area contributed by atoms with Crippen molar-refractivity contribution in [2.24, 2.45) is 0 Å². The molecule has 0 radical (unpaired) electrons. The summed E-state index contributed by atoms with van der Waals surface area (Å²) in [5.74, 6) is -1.26. The van der Waals surface area contributed by atoms with Crippen molar-refractivity contribution in [3.8, 4) is 0 Å². The van der Waals surface area contributed by atoms with E-state index in [0.717, 1.165) is 17.2 Å². The number of rotatable bonds is 4. The van der Waals surface area contributed by atoms with Crippen LogP contribution in [0.4, 0.5) is 0 Å². The van der Waals surface area contributed by atoms with E-state index in [1.165, 1.54) is 6.07 Å². The predicted octanol–water partition coefficient (Wildman–Crippen LogP) is 1.81. The van der Waals surface area contributed by atoms with E-state index in [1.54, 1.807) is 30.3 Å². The number of aromatic carboxylic acids is 1. The van der Waals surface area contributed by atoms with Crippen LogP contribution in [0.25, 0.3) is 10.8 Å². The van der Waals surface area contributed by atoms with Gasteiger partial charge in [-0.25, -0.2) is 4.79 Å². The van der Waals surface area contributed by atoms with Gasteiger partial charge in [0.2, 0.25) is 0 Å². The molecule has 0 aliphatic carbocycles. The molecule has 24 heavy (non-hydrogen) atoms. The topological polar surface area (TPSA) is 95.9 Å². The SMILES string of the molecule is O=C(O)c1ccc2cc(C(=O)NCC3(O)CCCOC3)ccc2c1. The van der Waals surface area contributed by atoms with E-state index in [-0.39, 0.29) is 24.6 Å². The normalized spacial score (nSPS) is 20.7. The Labute approximate surface area is 139 Å². The number of hydrogen-bond donors (Lipinski definition) is 3. The van der Waals surface area contributed by atoms with E-state index in [0.29, 0.717) is 18.6 Å². The number of carboxylic acids is 1. The van der Waals surface area contributed by atoms with Crippen LogP contribution in [-0.4, -0.2) is 47.4 Å². The van der Waals surface area contributed by atoms with E-state index >= 15 is 0 Å². The summed E-state index contributed by atoms with van der Waals surface area (Å²) in [5, 5.41) is 23.6. The first-order valence-electron chi connectivity index (χ1n) is 7.82. The Hall–Kier alpha value is -2.44. The van der Waals surface area contributed by atoms with Gasteiger partial charge in [-0.2, -0.15) is 0 Å². The Balaban J connectivity index is 1.72. The number of ether oxygens (including phenoxy) is 1. The second-order valence-electron chi connectivity index (χ2n) is 6.15. The average Bonchev–Trinajstić information content (AvgIpc) is 2.59. The highest BCUT2D eigenvalue weighted by Crippen LogP contribution is 2.20. The molecule has 0 spiro atoms. The third-order valence-electron chi connectivity index (χ3n) is 4.23. The van der Waals surface area contributed by atoms with Crippen molar-refractivity contribution in [3.63, 3.8) is 0 Å². The number of fused-ring (bicyclic) bond motifs is 1. The Kier molecular flexibility index (Phi) is 4.51. The summed E-state index contributed by atoms with van der Waals surface area (Å²) < 4.78 is 5.26. The first-order chi connectivity index (χ1) is 11.5. The van der Waals surface area contributed by atoms with Gasteiger partial charge in [0.15, 0.2) is 0 Å². The van der Waals surface area contributed by atoms with Crippen LogP contribution in [-0.2, 0) is 4.74 Å². The quantitative estimate of drug-likeness (QED) is 0.795. The van der Waals surface area contributed by atoms with E-state index in [2.05, 4.69) is 5.32 Å². The second kappa shape index (κ2) is 6.59. The van der Waals surface area contributed by atoms with Crippen LogP contribution >= 0.6 is 0 Å². The molecule has 0 aromatic heterocycles. The molecular formula is C18H19NO5. The second-order valence-corrected chi connectivity index (χ2v) is 6.15. The summed E-state index contributed by atoms with van der Waals surface area (Å²) in [6.07, 6.45) is 1.37. The summed E-state index contributed by atoms with van der Waals surface area (Å²) in [5.41, 5.74) is -0.341. The fourth-order valence-electron chi connectivity index (χ4n) is 2.84. The third-order valence-corrected chi connectivity index (χ3v) is 4.23. The van der Waals surface area contributed by atoms with Crippen LogP contribution in [0.1, 0.15) is 33.6 Å². The van der Waals surface area contributed by atoms with Crippen molar-refractivity contribution in [1.82, 2.24) is 5.32 Å². The minimum absolute atomic E-state index is 0.141. The summed E-state index contributed by atoms with van der Waals surface area (Å²) in [6, 6.07) is 9.82. The molecule has 2 aromatic carbocycles. The predicted molar refractivity (Wildman–Crippen MR) is 88.2 cm³/mol. The van der Waals surface area contributed by atoms with Crippen molar-refractivity contribution in [2.45, 2.75) is 18.4 Å². The Morgan fingerprint density at radius 3 is 2.42 bits per heavy atom. The van der Waals surface area contributed by atoms with E-state index in [1.807, 2.05) is 0 Å². The maximum absolute atomic E-state index is 12.3. The minimum Gasteiger partial charge on any atom is -0.478 e. The molecule has 1 aliphatic rings. The van der Waals surface area contributed by atoms with Gasteiger partial charge in [0.1, 0.15) is 5.60 Å². The number of amides is 1. The number of carbonyl (C=O) groups excluding carboxylic acids is 1. The van der Waals surface area contributed by atoms with E-state index < -0.39 is 11.6 Å². The molecule has 0 saturated carbocycles. The molecule has 1 unspecified atom stereocenters. The number of aliphatic hydroxyl groups is 1. The van der Waals surface area contributed by atoms with Gasteiger partial charge in [0.05, 0.1) is 12.2 Å². The number of hydrogen-bond acceptors (Lipinski definition) is 4. The maximum atomic E-state index is 12.3. The number of nitrogens with one attached hydrogen (secondary N) is 1. The molecule has 3 N–H and O–H groups in total. The van der Waals surface area contributed by atoms with Gasteiger partial charge in [-0.15, -0.1) is 0 Å². The zero-order chi connectivity index (χ0) is 17.2. The van der Waals surface area contributed by atoms with Gasteiger partial charge in [0.25, 0.3) is 5.91 Å². The Morgan fingerprint density at radius 2 is 1.79 bits per heavy atom. The van der Waals surface area contributed by atoms with Gasteiger partial charge >= 0.3 is 5.97 Å². The average molecular weight is 329 g/mol. The molecule has 2 aromatic rings. The molecule has 1 saturated heterocycles. The molecule has 126 valence electrons. The lowest BCUT2D eigenvalue weighted by atomic mass is 9.96. The van der Waals surface area contributed by atoms with Gasteiger partial charge in [-0.3, -0.25) is 4.79 Å². The highest BCUT2D eigenvalue weighted by Gasteiger charge is 2.30. The van der Waals surface area contributed by atoms with Crippen LogP contribution in [0.5, 0.6) is 0 Å². The van der Waals surface area contributed by atoms with Gasteiger partial charge in [-0.05, 0) is 47.9 Å². The molecule has 1 atom stereocenters. The van der Waals surface area contributed by atoms with Gasteiger partial charge in [0, 0.05) is 18.7 Å². The summed E-state index contributed by atoms with van der Waals surface area (Å²) >= 11 is 0. The van der Waals surface area contributed by atoms with E-state index in [4.69, 9.17) is 9.84 Å². The van der Waals surface area contributed by atoms with Crippen LogP contribution in [0, 0.1) is 0 Å². The fraction of sp³-hybridized carbons (Fsp3) is 0.333. The van der Waals surface area contributed by atoms with Crippen molar-refractivity contribution in [1.29, 1.82) is 0 Å². The standard InChI is InChI=1S/C18H19NO5/c20-16(19-10-18(23)6-1-7-24-11-18)14-4-2-13-9-15(17(21)22)5-3-12(13)8-14/h2-5,8-9,23H,1,6-7,10-11H2,(H,19,20)(H,21,22). The molecule has 0 bridgehead atoms. The largest absolute Gasteiger partial charge is 0.478 e. The van der Waals surface area contributed by atoms with Crippen LogP contribution in [0.3, 0.4) is 0 Å². The zero-order valence-electron chi connectivity index (χ0n) is 13.1. The molecular weight excluding hydrogens is 310 g/mol. The van der Waals surface area contributed by atoms with Gasteiger partial charge in [-0.1, -0.05) is 12.1 Å². The monoisotopic (exact) mass is 329 g/mol. The summed E-state index contributed by atoms with van der Waals surface area (Å²) in [7, 11) is 0. The fourth-order valence-corrected chi connectivity index (χ4v) is 2.84. The highest BCUT2D eigenvalue weighted by atomic mass is 16.5. The molecule has 6 heteroatoms. The molecule has 1 heterocycles. The van der Waals surface area contributed by atoms with Crippen molar-refractivity contribution in [2.75, 3.05) is 19.8 Å². The lowest BCUT2D eigenvalue weighted by Gasteiger charge is -2.31. The number of benzene rings is 2. The lowest BCUT2D eigenvalue weighted by molar-refractivity contribution is -0.0820. The molecule has 1 amide bonds. The number of carbonyl (C=O) groups is 2. The molecule has 3 rings (SSSR count). The third kappa shape index (κ3) is 3.55. The van der Waals surface area contributed by atoms with Crippen molar-refractivity contribution in [3.05, 3.63) is 47.5 Å². The summed E-state index contributed by atoms with van der Waals surface area (Å²) in [6.45, 7) is 1.00. The van der Waals surface area contributed by atoms with Crippen LogP contribution in [0.2, 0.25) is 0 Å². The van der Waals surface area contributed by atoms with Crippen LogP contribution in [0.15, 0.2) is 36.4 Å². The first kappa shape index (κ1) is 16.4. The van der Waals surface area contributed by atoms with Crippen molar-refractivity contribution >= 4 is 22.6 Å². The van der Waals surface area contributed by atoms with Crippen molar-refractivity contribution < 1.29 is 24.5 Å². The van der Waals surface area contributed by atoms with Crippen LogP contribution < -0.4 is 5.32 Å². The maximum Gasteiger partial charge on any atom is 0.335 e. The Morgan fingerprint density at radius 1 is 1.12 bits per heavy atom. The molecule has 1 aliphatic heterocycles. The summed E-state index contributed by atoms with van der Waals surface area (Å²) in [4.78, 5) is 23.3. The lowest BCUT2D eigenvalue weighted by Crippen LogP contribution is -2.48. The van der Waals surface area contributed by atoms with E-state index in [9.17, 15) is 14.7 Å². The van der Waals surface area contributed by atoms with Gasteiger partial charge < -0.3 is 20.3 Å². The minimum atomic E-state index is -1.01. The molecule has 6 nitrogen and oxygen atoms in total. The Bertz CT molecular complexity index is 780. The first-order valence-corrected chi connectivity index (χ1v) is 7.82. The smallest absolute Gasteiger partial charge is 0.335 e. The zero-order valence-corrected chi connectivity index (χ0v) is 13.1.